The van der Waals surface area contributed by atoms with E-state index in [0.29, 0.717) is 5.56 Å². The summed E-state index contributed by atoms with van der Waals surface area (Å²) in [5.74, 6) is 0. The fourth-order valence-electron chi connectivity index (χ4n) is 1.46. The number of ether oxygens (including phenoxy) is 1. The highest BCUT2D eigenvalue weighted by Gasteiger charge is 2.31. The van der Waals surface area contributed by atoms with Gasteiger partial charge in [-0.05, 0) is 12.5 Å². The zero-order chi connectivity index (χ0) is 14.5. The monoisotopic (exact) mass is 288 g/mol. The van der Waals surface area contributed by atoms with Crippen molar-refractivity contribution in [3.05, 3.63) is 35.9 Å². The van der Waals surface area contributed by atoms with Crippen molar-refractivity contribution < 1.29 is 23.1 Å². The third-order valence-electron chi connectivity index (χ3n) is 2.49. The molecule has 0 saturated carbocycles. The number of carbonyl (C=O) groups is 1. The Hall–Kier alpha value is -1.64. The molecule has 19 heavy (non-hydrogen) atoms. The summed E-state index contributed by atoms with van der Waals surface area (Å²) < 4.78 is 31.5. The first-order valence-electron chi connectivity index (χ1n) is 5.39. The fraction of sp³-hybridized carbons (Fsp3) is 0.364. The van der Waals surface area contributed by atoms with E-state index in [2.05, 4.69) is 9.46 Å². The van der Waals surface area contributed by atoms with E-state index in [4.69, 9.17) is 0 Å². The van der Waals surface area contributed by atoms with Crippen LogP contribution in [0.2, 0.25) is 0 Å². The summed E-state index contributed by atoms with van der Waals surface area (Å²) in [6, 6.07) is 8.52. The van der Waals surface area contributed by atoms with Gasteiger partial charge in [-0.1, -0.05) is 30.3 Å². The summed E-state index contributed by atoms with van der Waals surface area (Å²) in [6.45, 7) is 1.03. The summed E-state index contributed by atoms with van der Waals surface area (Å²) in [5.41, 5.74) is -0.686. The number of benzene rings is 1. The van der Waals surface area contributed by atoms with E-state index in [1.54, 1.807) is 35.1 Å². The first kappa shape index (κ1) is 15.4. The molecule has 1 aromatic rings. The van der Waals surface area contributed by atoms with Gasteiger partial charge in [-0.3, -0.25) is 0 Å². The van der Waals surface area contributed by atoms with Gasteiger partial charge < -0.3 is 9.84 Å². The highest BCUT2D eigenvalue weighted by atomic mass is 32.2. The van der Waals surface area contributed by atoms with Crippen molar-refractivity contribution in [2.24, 2.45) is 0 Å². The van der Waals surface area contributed by atoms with Crippen molar-refractivity contribution in [3.63, 3.8) is 0 Å². The molecular formula is C11H16N2O5S. The van der Waals surface area contributed by atoms with E-state index < -0.39 is 28.4 Å². The number of methoxy groups -OCH3 is 1. The van der Waals surface area contributed by atoms with Crippen molar-refractivity contribution in [1.29, 1.82) is 0 Å². The fourth-order valence-corrected chi connectivity index (χ4v) is 2.59. The summed E-state index contributed by atoms with van der Waals surface area (Å²) in [4.78, 5) is 10.9. The molecular weight excluding hydrogens is 272 g/mol. The third kappa shape index (κ3) is 4.19. The quantitative estimate of drug-likeness (QED) is 0.712. The highest BCUT2D eigenvalue weighted by Crippen LogP contribution is 2.20. The second-order valence-corrected chi connectivity index (χ2v) is 5.47. The molecule has 0 aliphatic rings. The topological polar surface area (TPSA) is 105 Å². The van der Waals surface area contributed by atoms with Crippen LogP contribution in [-0.2, 0) is 20.5 Å². The predicted molar refractivity (Wildman–Crippen MR) is 68.5 cm³/mol. The van der Waals surface area contributed by atoms with Gasteiger partial charge in [-0.15, -0.1) is 0 Å². The molecule has 0 fully saturated rings. The Kier molecular flexibility index (Phi) is 4.87. The highest BCUT2D eigenvalue weighted by molar-refractivity contribution is 7.88. The zero-order valence-corrected chi connectivity index (χ0v) is 11.4. The summed E-state index contributed by atoms with van der Waals surface area (Å²) in [7, 11) is -3.10. The Balaban J connectivity index is 2.96. The van der Waals surface area contributed by atoms with Gasteiger partial charge in [0, 0.05) is 0 Å². The molecule has 0 radical (unpaired) electrons. The van der Waals surface area contributed by atoms with Crippen LogP contribution in [0.15, 0.2) is 30.3 Å². The molecule has 7 nitrogen and oxygen atoms in total. The van der Waals surface area contributed by atoms with Crippen LogP contribution in [-0.4, -0.2) is 33.3 Å². The molecule has 0 bridgehead atoms. The maximum atomic E-state index is 11.7. The molecule has 0 saturated heterocycles. The Morgan fingerprint density at radius 1 is 1.37 bits per heavy atom. The molecule has 1 unspecified atom stereocenters. The van der Waals surface area contributed by atoms with Crippen molar-refractivity contribution in [2.45, 2.75) is 12.5 Å². The average molecular weight is 288 g/mol. The Labute approximate surface area is 111 Å². The third-order valence-corrected chi connectivity index (χ3v) is 3.64. The maximum absolute atomic E-state index is 11.7. The lowest BCUT2D eigenvalue weighted by Crippen LogP contribution is -2.51. The van der Waals surface area contributed by atoms with E-state index >= 15 is 0 Å². The zero-order valence-electron chi connectivity index (χ0n) is 10.6. The molecule has 106 valence electrons. The maximum Gasteiger partial charge on any atom is 0.421 e. The van der Waals surface area contributed by atoms with E-state index in [-0.39, 0.29) is 0 Å². The van der Waals surface area contributed by atoms with Gasteiger partial charge in [0.1, 0.15) is 0 Å². The minimum atomic E-state index is -4.15. The molecule has 0 aromatic heterocycles. The molecule has 3 N–H and O–H groups in total. The van der Waals surface area contributed by atoms with E-state index in [9.17, 15) is 18.3 Å². The minimum absolute atomic E-state index is 0.473. The average Bonchev–Trinajstić information content (AvgIpc) is 2.38. The summed E-state index contributed by atoms with van der Waals surface area (Å²) in [6.07, 6.45) is -1.11. The van der Waals surface area contributed by atoms with Gasteiger partial charge in [0.2, 0.25) is 0 Å². The number of nitrogens with one attached hydrogen (secondary N) is 2. The SMILES string of the molecule is COC(=O)NS(=O)(=O)NC(C)(CO)c1ccccc1. The number of aliphatic hydroxyl groups is 1. The van der Waals surface area contributed by atoms with E-state index in [1.807, 2.05) is 0 Å². The predicted octanol–water partition coefficient (Wildman–Crippen LogP) is 0.0845. The van der Waals surface area contributed by atoms with Crippen LogP contribution in [0.25, 0.3) is 0 Å². The van der Waals surface area contributed by atoms with Crippen LogP contribution in [0.4, 0.5) is 4.79 Å². The Morgan fingerprint density at radius 2 is 1.95 bits per heavy atom. The number of carbonyl (C=O) groups excluding carboxylic acids is 1. The summed E-state index contributed by atoms with van der Waals surface area (Å²) >= 11 is 0. The lowest BCUT2D eigenvalue weighted by Gasteiger charge is -2.28. The van der Waals surface area contributed by atoms with E-state index in [0.717, 1.165) is 7.11 Å². The van der Waals surface area contributed by atoms with Gasteiger partial charge >= 0.3 is 16.3 Å². The number of hydrogen-bond acceptors (Lipinski definition) is 5. The standard InChI is InChI=1S/C11H16N2O5S/c1-11(8-14,9-6-4-3-5-7-9)13-19(16,17)12-10(15)18-2/h3-7,13-14H,8H2,1-2H3,(H,12,15). The van der Waals surface area contributed by atoms with Gasteiger partial charge in [-0.25, -0.2) is 9.52 Å². The molecule has 0 aliphatic carbocycles. The van der Waals surface area contributed by atoms with Crippen LogP contribution >= 0.6 is 0 Å². The van der Waals surface area contributed by atoms with Crippen molar-refractivity contribution in [1.82, 2.24) is 9.44 Å². The smallest absolute Gasteiger partial charge is 0.421 e. The summed E-state index contributed by atoms with van der Waals surface area (Å²) in [5, 5.41) is 9.42. The largest absolute Gasteiger partial charge is 0.452 e. The molecule has 1 aromatic carbocycles. The van der Waals surface area contributed by atoms with Crippen molar-refractivity contribution in [2.75, 3.05) is 13.7 Å². The minimum Gasteiger partial charge on any atom is -0.452 e. The Morgan fingerprint density at radius 3 is 2.42 bits per heavy atom. The second kappa shape index (κ2) is 6.00. The molecule has 1 atom stereocenters. The number of amides is 1. The van der Waals surface area contributed by atoms with E-state index in [1.165, 1.54) is 6.92 Å². The lowest BCUT2D eigenvalue weighted by molar-refractivity contribution is 0.176. The number of rotatable bonds is 5. The van der Waals surface area contributed by atoms with Crippen LogP contribution in [0.5, 0.6) is 0 Å². The molecule has 8 heteroatoms. The normalized spacial score (nSPS) is 14.5. The van der Waals surface area contributed by atoms with Crippen LogP contribution in [0.1, 0.15) is 12.5 Å². The van der Waals surface area contributed by atoms with Gasteiger partial charge in [0.05, 0.1) is 19.3 Å². The first-order valence-corrected chi connectivity index (χ1v) is 6.87. The molecule has 0 heterocycles. The van der Waals surface area contributed by atoms with Gasteiger partial charge in [-0.2, -0.15) is 13.1 Å². The number of aliphatic hydroxyl groups excluding tert-OH is 1. The van der Waals surface area contributed by atoms with Crippen LogP contribution in [0, 0.1) is 0 Å². The van der Waals surface area contributed by atoms with Gasteiger partial charge in [0.15, 0.2) is 0 Å². The van der Waals surface area contributed by atoms with Crippen LogP contribution < -0.4 is 9.44 Å². The van der Waals surface area contributed by atoms with Crippen molar-refractivity contribution >= 4 is 16.3 Å². The lowest BCUT2D eigenvalue weighted by atomic mass is 9.94. The second-order valence-electron chi connectivity index (χ2n) is 4.06. The first-order chi connectivity index (χ1) is 8.83. The molecule has 0 aliphatic heterocycles. The van der Waals surface area contributed by atoms with Gasteiger partial charge in [0.25, 0.3) is 0 Å². The van der Waals surface area contributed by atoms with Crippen LogP contribution in [0.3, 0.4) is 0 Å². The van der Waals surface area contributed by atoms with Crippen molar-refractivity contribution in [3.8, 4) is 0 Å². The molecule has 1 rings (SSSR count). The Bertz CT molecular complexity index is 531. The molecule has 1 amide bonds. The molecule has 0 spiro atoms. The number of hydrogen-bond donors (Lipinski definition) is 3.